The van der Waals surface area contributed by atoms with Crippen LogP contribution in [-0.4, -0.2) is 5.78 Å². The van der Waals surface area contributed by atoms with Gasteiger partial charge in [-0.25, -0.2) is 0 Å². The zero-order valence-electron chi connectivity index (χ0n) is 10.5. The molecule has 0 N–H and O–H groups in total. The number of hydrogen-bond acceptors (Lipinski definition) is 1. The molecule has 0 amide bonds. The van der Waals surface area contributed by atoms with Crippen LogP contribution < -0.4 is 0 Å². The summed E-state index contributed by atoms with van der Waals surface area (Å²) in [5.74, 6) is 0.430. The van der Waals surface area contributed by atoms with Gasteiger partial charge in [0.15, 0.2) is 0 Å². The molecule has 0 atom stereocenters. The Labute approximate surface area is 103 Å². The number of hydrogen-bond donors (Lipinski definition) is 0. The second kappa shape index (κ2) is 3.69. The number of ketones is 1. The first-order valence-corrected chi connectivity index (χ1v) is 6.74. The second-order valence-corrected chi connectivity index (χ2v) is 5.98. The predicted molar refractivity (Wildman–Crippen MR) is 68.9 cm³/mol. The largest absolute Gasteiger partial charge is 0.299 e. The number of rotatable bonds is 2. The first-order valence-electron chi connectivity index (χ1n) is 6.74. The lowest BCUT2D eigenvalue weighted by molar-refractivity contribution is -0.133. The smallest absolute Gasteiger partial charge is 0.135 e. The van der Waals surface area contributed by atoms with Crippen LogP contribution in [0, 0.1) is 5.41 Å². The molecule has 1 aromatic carbocycles. The Morgan fingerprint density at radius 1 is 0.941 bits per heavy atom. The third-order valence-electron chi connectivity index (χ3n) is 5.38. The molecule has 3 saturated carbocycles. The van der Waals surface area contributed by atoms with Gasteiger partial charge < -0.3 is 0 Å². The summed E-state index contributed by atoms with van der Waals surface area (Å²) in [5, 5.41) is 0. The van der Waals surface area contributed by atoms with Crippen molar-refractivity contribution < 1.29 is 4.79 Å². The molecule has 3 fully saturated rings. The fourth-order valence-corrected chi connectivity index (χ4v) is 3.94. The van der Waals surface area contributed by atoms with Crippen LogP contribution in [-0.2, 0) is 10.2 Å². The number of fused-ring (bicyclic) bond motifs is 3. The maximum atomic E-state index is 11.8. The van der Waals surface area contributed by atoms with Crippen LogP contribution in [0.15, 0.2) is 30.3 Å². The summed E-state index contributed by atoms with van der Waals surface area (Å²) in [4.78, 5) is 11.8. The van der Waals surface area contributed by atoms with Gasteiger partial charge in [0, 0.05) is 5.41 Å². The van der Waals surface area contributed by atoms with E-state index >= 15 is 0 Å². The van der Waals surface area contributed by atoms with Gasteiger partial charge >= 0.3 is 0 Å². The van der Waals surface area contributed by atoms with Gasteiger partial charge in [0.1, 0.15) is 5.78 Å². The third-order valence-corrected chi connectivity index (χ3v) is 5.38. The number of carbonyl (C=O) groups excluding carboxylic acids is 1. The predicted octanol–water partition coefficient (Wildman–Crippen LogP) is 3.87. The first-order chi connectivity index (χ1) is 8.17. The molecule has 1 aromatic rings. The summed E-state index contributed by atoms with van der Waals surface area (Å²) in [7, 11) is 0. The Bertz CT molecular complexity index is 408. The summed E-state index contributed by atoms with van der Waals surface area (Å²) in [5.41, 5.74) is 1.94. The van der Waals surface area contributed by atoms with Crippen LogP contribution in [0.4, 0.5) is 0 Å². The monoisotopic (exact) mass is 228 g/mol. The lowest BCUT2D eigenvalue weighted by Crippen LogP contribution is -2.47. The minimum absolute atomic E-state index is 0.0521. The van der Waals surface area contributed by atoms with E-state index in [1.165, 1.54) is 24.8 Å². The normalized spacial score (nSPS) is 35.8. The number of benzene rings is 1. The molecule has 0 heterocycles. The maximum absolute atomic E-state index is 11.8. The molecule has 90 valence electrons. The average molecular weight is 228 g/mol. The first kappa shape index (κ1) is 11.0. The van der Waals surface area contributed by atoms with Crippen LogP contribution >= 0.6 is 0 Å². The van der Waals surface area contributed by atoms with Gasteiger partial charge in [0.25, 0.3) is 0 Å². The zero-order valence-corrected chi connectivity index (χ0v) is 10.5. The van der Waals surface area contributed by atoms with Crippen molar-refractivity contribution in [1.82, 2.24) is 0 Å². The molecular weight excluding hydrogens is 208 g/mol. The molecule has 0 aliphatic heterocycles. The molecule has 0 spiro atoms. The van der Waals surface area contributed by atoms with E-state index in [-0.39, 0.29) is 5.41 Å². The van der Waals surface area contributed by atoms with Crippen LogP contribution in [0.25, 0.3) is 0 Å². The summed E-state index contributed by atoms with van der Waals surface area (Å²) < 4.78 is 0. The quantitative estimate of drug-likeness (QED) is 0.751. The Kier molecular flexibility index (Phi) is 2.39. The third kappa shape index (κ3) is 1.55. The molecule has 1 heteroatoms. The van der Waals surface area contributed by atoms with E-state index < -0.39 is 0 Å². The maximum Gasteiger partial charge on any atom is 0.135 e. The lowest BCUT2D eigenvalue weighted by Gasteiger charge is -2.52. The van der Waals surface area contributed by atoms with E-state index in [0.717, 1.165) is 19.3 Å². The number of carbonyl (C=O) groups is 1. The van der Waals surface area contributed by atoms with Crippen LogP contribution in [0.1, 0.15) is 51.0 Å². The standard InChI is InChI=1S/C16H20O/c1-13(17)15-7-10-16(11-8-15,12-9-15)14-5-3-2-4-6-14/h2-6H,7-12H2,1H3. The average Bonchev–Trinajstić information content (AvgIpc) is 2.42. The highest BCUT2D eigenvalue weighted by Gasteiger charge is 2.51. The highest BCUT2D eigenvalue weighted by Crippen LogP contribution is 2.57. The van der Waals surface area contributed by atoms with Crippen LogP contribution in [0.5, 0.6) is 0 Å². The van der Waals surface area contributed by atoms with Gasteiger partial charge in [0.2, 0.25) is 0 Å². The molecule has 0 saturated heterocycles. The van der Waals surface area contributed by atoms with Gasteiger partial charge in [0.05, 0.1) is 0 Å². The molecule has 3 aliphatic rings. The van der Waals surface area contributed by atoms with Crippen molar-refractivity contribution in [1.29, 1.82) is 0 Å². The van der Waals surface area contributed by atoms with Crippen molar-refractivity contribution in [2.75, 3.05) is 0 Å². The fourth-order valence-electron chi connectivity index (χ4n) is 3.94. The van der Waals surface area contributed by atoms with Gasteiger partial charge in [-0.2, -0.15) is 0 Å². The Morgan fingerprint density at radius 3 is 1.94 bits per heavy atom. The lowest BCUT2D eigenvalue weighted by atomic mass is 9.51. The Balaban J connectivity index is 1.89. The molecule has 17 heavy (non-hydrogen) atoms. The van der Waals surface area contributed by atoms with Gasteiger partial charge in [-0.3, -0.25) is 4.79 Å². The van der Waals surface area contributed by atoms with Gasteiger partial charge in [-0.1, -0.05) is 30.3 Å². The van der Waals surface area contributed by atoms with Crippen molar-refractivity contribution in [3.05, 3.63) is 35.9 Å². The molecule has 0 radical (unpaired) electrons. The van der Waals surface area contributed by atoms with Crippen molar-refractivity contribution in [3.8, 4) is 0 Å². The minimum Gasteiger partial charge on any atom is -0.299 e. The summed E-state index contributed by atoms with van der Waals surface area (Å²) >= 11 is 0. The van der Waals surface area contributed by atoms with Gasteiger partial charge in [-0.05, 0) is 56.4 Å². The minimum atomic E-state index is 0.0521. The van der Waals surface area contributed by atoms with E-state index in [2.05, 4.69) is 30.3 Å². The van der Waals surface area contributed by atoms with Crippen LogP contribution in [0.2, 0.25) is 0 Å². The van der Waals surface area contributed by atoms with E-state index in [1.807, 2.05) is 0 Å². The summed E-state index contributed by atoms with van der Waals surface area (Å²) in [6, 6.07) is 10.9. The second-order valence-electron chi connectivity index (χ2n) is 5.98. The van der Waals surface area contributed by atoms with E-state index in [4.69, 9.17) is 0 Å². The Hall–Kier alpha value is -1.11. The number of Topliss-reactive ketones (excluding diaryl/α,β-unsaturated/α-hetero) is 1. The highest BCUT2D eigenvalue weighted by molar-refractivity contribution is 5.82. The van der Waals surface area contributed by atoms with Gasteiger partial charge in [-0.15, -0.1) is 0 Å². The van der Waals surface area contributed by atoms with E-state index in [0.29, 0.717) is 11.2 Å². The summed E-state index contributed by atoms with van der Waals surface area (Å²) in [6.07, 6.45) is 6.94. The van der Waals surface area contributed by atoms with Crippen LogP contribution in [0.3, 0.4) is 0 Å². The molecule has 4 rings (SSSR count). The fraction of sp³-hybridized carbons (Fsp3) is 0.562. The zero-order chi connectivity index (χ0) is 11.9. The van der Waals surface area contributed by atoms with E-state index in [1.54, 1.807) is 6.92 Å². The van der Waals surface area contributed by atoms with Crippen molar-refractivity contribution in [3.63, 3.8) is 0 Å². The molecular formula is C16H20O. The summed E-state index contributed by atoms with van der Waals surface area (Å²) in [6.45, 7) is 1.79. The van der Waals surface area contributed by atoms with E-state index in [9.17, 15) is 4.79 Å². The Morgan fingerprint density at radius 2 is 1.47 bits per heavy atom. The van der Waals surface area contributed by atoms with Crippen molar-refractivity contribution in [2.45, 2.75) is 50.9 Å². The van der Waals surface area contributed by atoms with Crippen molar-refractivity contribution in [2.24, 2.45) is 5.41 Å². The topological polar surface area (TPSA) is 17.1 Å². The molecule has 1 nitrogen and oxygen atoms in total. The molecule has 0 unspecified atom stereocenters. The molecule has 0 aromatic heterocycles. The SMILES string of the molecule is CC(=O)C12CCC(c3ccccc3)(CC1)CC2. The molecule has 3 aliphatic carbocycles. The van der Waals surface area contributed by atoms with Crippen molar-refractivity contribution >= 4 is 5.78 Å². The molecule has 2 bridgehead atoms. The highest BCUT2D eigenvalue weighted by atomic mass is 16.1.